The fourth-order valence-corrected chi connectivity index (χ4v) is 3.92. The van der Waals surface area contributed by atoms with Gasteiger partial charge in [0.25, 0.3) is 5.56 Å². The summed E-state index contributed by atoms with van der Waals surface area (Å²) in [5.74, 6) is 0.391. The highest BCUT2D eigenvalue weighted by atomic mass is 16.2. The third-order valence-corrected chi connectivity index (χ3v) is 5.91. The lowest BCUT2D eigenvalue weighted by atomic mass is 10.1. The van der Waals surface area contributed by atoms with Gasteiger partial charge in [-0.05, 0) is 36.1 Å². The van der Waals surface area contributed by atoms with E-state index in [4.69, 9.17) is 5.73 Å². The second-order valence-corrected chi connectivity index (χ2v) is 8.57. The maximum Gasteiger partial charge on any atom is 0.293 e. The van der Waals surface area contributed by atoms with Gasteiger partial charge in [-0.2, -0.15) is 0 Å². The lowest BCUT2D eigenvalue weighted by Crippen LogP contribution is -2.35. The molecule has 0 unspecified atom stereocenters. The number of carbonyl (C=O) groups is 1. The van der Waals surface area contributed by atoms with E-state index in [1.807, 2.05) is 73.7 Å². The molecule has 2 heterocycles. The zero-order valence-corrected chi connectivity index (χ0v) is 20.3. The number of carbonyl (C=O) groups excluding carboxylic acids is 1. The second kappa shape index (κ2) is 11.8. The number of anilines is 2. The van der Waals surface area contributed by atoms with Crippen molar-refractivity contribution in [2.24, 2.45) is 0 Å². The minimum Gasteiger partial charge on any atom is -0.384 e. The van der Waals surface area contributed by atoms with Crippen molar-refractivity contribution in [3.8, 4) is 0 Å². The van der Waals surface area contributed by atoms with E-state index in [0.717, 1.165) is 28.8 Å². The van der Waals surface area contributed by atoms with Gasteiger partial charge in [0, 0.05) is 37.1 Å². The Labute approximate surface area is 210 Å². The van der Waals surface area contributed by atoms with E-state index in [2.05, 4.69) is 20.6 Å². The van der Waals surface area contributed by atoms with Crippen molar-refractivity contribution in [2.75, 3.05) is 17.6 Å². The molecule has 2 aromatic carbocycles. The Hall–Kier alpha value is -4.46. The van der Waals surface area contributed by atoms with Crippen LogP contribution in [0.5, 0.6) is 0 Å². The van der Waals surface area contributed by atoms with Gasteiger partial charge in [-0.25, -0.2) is 9.97 Å². The van der Waals surface area contributed by atoms with Crippen molar-refractivity contribution in [1.82, 2.24) is 19.9 Å². The first-order valence-electron chi connectivity index (χ1n) is 11.9. The number of pyridine rings is 1. The van der Waals surface area contributed by atoms with Crippen LogP contribution in [0.15, 0.2) is 83.8 Å². The summed E-state index contributed by atoms with van der Waals surface area (Å²) in [4.78, 5) is 34.9. The molecule has 4 rings (SSSR count). The van der Waals surface area contributed by atoms with Gasteiger partial charge in [0.05, 0.1) is 0 Å². The molecule has 0 saturated heterocycles. The van der Waals surface area contributed by atoms with E-state index >= 15 is 0 Å². The summed E-state index contributed by atoms with van der Waals surface area (Å²) in [6.45, 7) is 2.59. The van der Waals surface area contributed by atoms with Crippen LogP contribution in [-0.4, -0.2) is 27.0 Å². The van der Waals surface area contributed by atoms with Crippen LogP contribution in [0.3, 0.4) is 0 Å². The first kappa shape index (κ1) is 24.7. The minimum atomic E-state index is -0.322. The lowest BCUT2D eigenvalue weighted by Gasteiger charge is -2.15. The molecular weight excluding hydrogens is 452 g/mol. The van der Waals surface area contributed by atoms with Crippen molar-refractivity contribution in [2.45, 2.75) is 32.9 Å². The van der Waals surface area contributed by atoms with Crippen molar-refractivity contribution < 1.29 is 4.79 Å². The summed E-state index contributed by atoms with van der Waals surface area (Å²) in [5, 5.41) is 6.03. The van der Waals surface area contributed by atoms with Crippen molar-refractivity contribution in [1.29, 1.82) is 0 Å². The summed E-state index contributed by atoms with van der Waals surface area (Å²) in [5.41, 5.74) is 9.88. The number of amides is 1. The third kappa shape index (κ3) is 6.56. The number of aryl methyl sites for hydroxylation is 1. The second-order valence-electron chi connectivity index (χ2n) is 8.57. The summed E-state index contributed by atoms with van der Waals surface area (Å²) in [6.07, 6.45) is 2.91. The molecule has 4 aromatic rings. The molecule has 1 amide bonds. The molecule has 0 spiro atoms. The quantitative estimate of drug-likeness (QED) is 0.320. The Kier molecular flexibility index (Phi) is 8.08. The predicted molar refractivity (Wildman–Crippen MR) is 142 cm³/mol. The van der Waals surface area contributed by atoms with Crippen LogP contribution in [0.4, 0.5) is 11.6 Å². The monoisotopic (exact) mass is 482 g/mol. The minimum absolute atomic E-state index is 0.113. The topological polar surface area (TPSA) is 115 Å². The number of nitrogens with one attached hydrogen (secondary N) is 2. The number of hydrogen-bond acceptors (Lipinski definition) is 6. The van der Waals surface area contributed by atoms with Crippen LogP contribution >= 0.6 is 0 Å². The van der Waals surface area contributed by atoms with Gasteiger partial charge >= 0.3 is 0 Å². The highest BCUT2D eigenvalue weighted by molar-refractivity contribution is 5.76. The number of nitrogens with zero attached hydrogens (tertiary/aromatic N) is 3. The zero-order valence-electron chi connectivity index (χ0n) is 20.3. The first-order chi connectivity index (χ1) is 17.5. The Morgan fingerprint density at radius 3 is 2.36 bits per heavy atom. The fraction of sp³-hybridized carbons (Fsp3) is 0.214. The molecule has 2 aromatic heterocycles. The van der Waals surface area contributed by atoms with Crippen LogP contribution in [0, 0.1) is 6.92 Å². The van der Waals surface area contributed by atoms with Crippen LogP contribution < -0.4 is 21.9 Å². The molecule has 0 fully saturated rings. The molecule has 0 bridgehead atoms. The third-order valence-electron chi connectivity index (χ3n) is 5.91. The Balaban J connectivity index is 1.51. The maximum atomic E-state index is 13.4. The molecule has 4 N–H and O–H groups in total. The maximum absolute atomic E-state index is 13.4. The average molecular weight is 483 g/mol. The number of rotatable bonds is 10. The van der Waals surface area contributed by atoms with E-state index in [-0.39, 0.29) is 23.8 Å². The van der Waals surface area contributed by atoms with Crippen molar-refractivity contribution in [3.05, 3.63) is 117 Å². The van der Waals surface area contributed by atoms with Gasteiger partial charge in [0.15, 0.2) is 5.82 Å². The number of aromatic nitrogens is 3. The normalized spacial score (nSPS) is 10.7. The van der Waals surface area contributed by atoms with Gasteiger partial charge in [0.1, 0.15) is 12.4 Å². The molecule has 184 valence electrons. The van der Waals surface area contributed by atoms with Crippen LogP contribution in [0.1, 0.15) is 28.1 Å². The Morgan fingerprint density at radius 2 is 1.67 bits per heavy atom. The van der Waals surface area contributed by atoms with E-state index in [1.165, 1.54) is 4.57 Å². The molecule has 0 radical (unpaired) electrons. The lowest BCUT2D eigenvalue weighted by molar-refractivity contribution is -0.121. The predicted octanol–water partition coefficient (Wildman–Crippen LogP) is 3.09. The molecule has 0 aliphatic carbocycles. The van der Waals surface area contributed by atoms with E-state index < -0.39 is 0 Å². The Morgan fingerprint density at radius 1 is 0.972 bits per heavy atom. The van der Waals surface area contributed by atoms with Gasteiger partial charge in [0.2, 0.25) is 5.91 Å². The van der Waals surface area contributed by atoms with Gasteiger partial charge in [-0.1, -0.05) is 66.7 Å². The van der Waals surface area contributed by atoms with Crippen LogP contribution in [-0.2, 0) is 30.7 Å². The summed E-state index contributed by atoms with van der Waals surface area (Å²) in [7, 11) is 0. The molecule has 8 heteroatoms. The van der Waals surface area contributed by atoms with E-state index in [0.29, 0.717) is 31.0 Å². The number of benzene rings is 2. The number of nitrogens with two attached hydrogens (primary N) is 1. The molecule has 0 aliphatic rings. The highest BCUT2D eigenvalue weighted by Crippen LogP contribution is 2.10. The highest BCUT2D eigenvalue weighted by Gasteiger charge is 2.14. The molecule has 36 heavy (non-hydrogen) atoms. The molecule has 8 nitrogen and oxygen atoms in total. The van der Waals surface area contributed by atoms with Crippen molar-refractivity contribution >= 4 is 17.5 Å². The van der Waals surface area contributed by atoms with Crippen LogP contribution in [0.25, 0.3) is 0 Å². The van der Waals surface area contributed by atoms with E-state index in [9.17, 15) is 9.59 Å². The van der Waals surface area contributed by atoms with Gasteiger partial charge in [-0.15, -0.1) is 0 Å². The molecule has 0 atom stereocenters. The number of nitrogen functional groups attached to an aromatic ring is 1. The van der Waals surface area contributed by atoms with Crippen LogP contribution in [0.2, 0.25) is 0 Å². The number of hydrogen-bond donors (Lipinski definition) is 3. The molecular formula is C28H30N6O2. The molecule has 0 aliphatic heterocycles. The molecule has 0 saturated carbocycles. The fourth-order valence-electron chi connectivity index (χ4n) is 3.92. The largest absolute Gasteiger partial charge is 0.384 e. The zero-order chi connectivity index (χ0) is 25.3. The van der Waals surface area contributed by atoms with Gasteiger partial charge < -0.3 is 16.4 Å². The summed E-state index contributed by atoms with van der Waals surface area (Å²) >= 11 is 0. The first-order valence-corrected chi connectivity index (χ1v) is 11.9. The van der Waals surface area contributed by atoms with Gasteiger partial charge in [-0.3, -0.25) is 14.2 Å². The Bertz CT molecular complexity index is 1370. The van der Waals surface area contributed by atoms with Crippen molar-refractivity contribution in [3.63, 3.8) is 0 Å². The SMILES string of the molecule is Cc1nc(N)ccc1CNC(=O)Cn1c(Cc2ccccc2)cnc(NCCc2ccccc2)c1=O. The smallest absolute Gasteiger partial charge is 0.293 e. The average Bonchev–Trinajstić information content (AvgIpc) is 2.88. The summed E-state index contributed by atoms with van der Waals surface area (Å²) < 4.78 is 1.49. The summed E-state index contributed by atoms with van der Waals surface area (Å²) in [6, 6.07) is 23.4. The van der Waals surface area contributed by atoms with E-state index in [1.54, 1.807) is 12.3 Å². The standard InChI is InChI=1S/C28H30N6O2/c1-20-23(12-13-25(29)33-20)17-31-26(35)19-34-24(16-22-10-6-3-7-11-22)18-32-27(28(34)36)30-15-14-21-8-4-2-5-9-21/h2-13,18H,14-17,19H2,1H3,(H2,29,33)(H,30,32)(H,31,35).